The number of ether oxygens (including phenoxy) is 2. The van der Waals surface area contributed by atoms with Crippen LogP contribution in [0.5, 0.6) is 5.75 Å². The van der Waals surface area contributed by atoms with E-state index in [2.05, 4.69) is 44.1 Å². The van der Waals surface area contributed by atoms with Crippen LogP contribution in [0, 0.1) is 0 Å². The molecule has 1 N–H and O–H groups in total. The highest BCUT2D eigenvalue weighted by atomic mass is 79.9. The maximum absolute atomic E-state index is 13.0. The number of benzene rings is 1. The molecule has 0 unspecified atom stereocenters. The second-order valence-electron chi connectivity index (χ2n) is 8.50. The minimum atomic E-state index is -1.03. The van der Waals surface area contributed by atoms with Gasteiger partial charge in [0.2, 0.25) is 5.89 Å². The number of hydrogen-bond acceptors (Lipinski definition) is 8. The molecule has 33 heavy (non-hydrogen) atoms. The monoisotopic (exact) mass is 580 g/mol. The number of halogens is 3. The van der Waals surface area contributed by atoms with Gasteiger partial charge in [-0.1, -0.05) is 23.2 Å². The molecule has 9 nitrogen and oxygen atoms in total. The third-order valence-corrected chi connectivity index (χ3v) is 6.14. The van der Waals surface area contributed by atoms with E-state index in [1.165, 1.54) is 11.0 Å². The summed E-state index contributed by atoms with van der Waals surface area (Å²) < 4.78 is 16.5. The third kappa shape index (κ3) is 7.14. The van der Waals surface area contributed by atoms with Gasteiger partial charge in [0.1, 0.15) is 22.3 Å². The van der Waals surface area contributed by atoms with Gasteiger partial charge in [-0.3, -0.25) is 9.69 Å². The summed E-state index contributed by atoms with van der Waals surface area (Å²) in [6, 6.07) is 4.18. The molecule has 1 fully saturated rings. The van der Waals surface area contributed by atoms with Crippen molar-refractivity contribution in [2.24, 2.45) is 0 Å². The summed E-state index contributed by atoms with van der Waals surface area (Å²) in [5.41, 5.74) is -0.718. The normalized spacial score (nSPS) is 20.9. The first kappa shape index (κ1) is 25.9. The lowest BCUT2D eigenvalue weighted by atomic mass is 9.97. The van der Waals surface area contributed by atoms with Gasteiger partial charge in [-0.25, -0.2) is 4.79 Å². The molecule has 180 valence electrons. The molecular formula is C20H23BrCl2N4O5S. The minimum absolute atomic E-state index is 0.0498. The number of carbonyl (C=O) groups excluding carboxylic acids is 2. The molecule has 0 aliphatic carbocycles. The van der Waals surface area contributed by atoms with Crippen LogP contribution < -0.4 is 10.1 Å². The number of hydrogen-bond donors (Lipinski definition) is 2. The summed E-state index contributed by atoms with van der Waals surface area (Å²) in [6.45, 7) is 5.08. The zero-order valence-electron chi connectivity index (χ0n) is 18.1. The summed E-state index contributed by atoms with van der Waals surface area (Å²) >= 11 is 19.7. The molecule has 1 aliphatic rings. The highest BCUT2D eigenvalue weighted by molar-refractivity contribution is 9.10. The smallest absolute Gasteiger partial charge is 0.411 e. The second kappa shape index (κ2) is 10.3. The molecule has 0 spiro atoms. The Morgan fingerprint density at radius 1 is 1.33 bits per heavy atom. The number of nitrogens with one attached hydrogen (secondary N) is 1. The van der Waals surface area contributed by atoms with E-state index in [0.717, 1.165) is 0 Å². The van der Waals surface area contributed by atoms with Crippen LogP contribution >= 0.6 is 51.8 Å². The van der Waals surface area contributed by atoms with Crippen molar-refractivity contribution in [3.63, 3.8) is 0 Å². The Hall–Kier alpha value is -1.69. The van der Waals surface area contributed by atoms with Crippen LogP contribution in [0.25, 0.3) is 0 Å². The molecule has 2 atom stereocenters. The molecule has 2 amide bonds. The number of nitrogens with zero attached hydrogens (tertiary/aromatic N) is 3. The molecule has 1 aromatic heterocycles. The average Bonchev–Trinajstić information content (AvgIpc) is 3.13. The molecule has 1 saturated heterocycles. The molecule has 13 heteroatoms. The minimum Gasteiger partial charge on any atom is -0.484 e. The van der Waals surface area contributed by atoms with Crippen LogP contribution in [0.1, 0.15) is 45.5 Å². The van der Waals surface area contributed by atoms with E-state index >= 15 is 0 Å². The van der Waals surface area contributed by atoms with Crippen molar-refractivity contribution < 1.29 is 23.5 Å². The Kier molecular flexibility index (Phi) is 8.08. The van der Waals surface area contributed by atoms with E-state index in [0.29, 0.717) is 28.6 Å². The zero-order chi connectivity index (χ0) is 24.4. The number of likely N-dealkylation sites (tertiary alicyclic amines) is 1. The Morgan fingerprint density at radius 2 is 2.06 bits per heavy atom. The number of piperidine rings is 1. The van der Waals surface area contributed by atoms with Gasteiger partial charge in [0, 0.05) is 22.0 Å². The molecule has 1 aromatic carbocycles. The topological polar surface area (TPSA) is 107 Å². The van der Waals surface area contributed by atoms with E-state index in [1.807, 2.05) is 0 Å². The van der Waals surface area contributed by atoms with Crippen molar-refractivity contribution in [2.75, 3.05) is 13.2 Å². The standard InChI is InChI=1S/C20H23BrCl2N4O5S/c1-19(2,3)32-18(29)27-10-20(33,7-6-14(27)16-25-26-17(21)31-16)24-15(28)9-30-11-4-5-12(22)13(23)8-11/h4-5,8,14,33H,6-7,9-10H2,1-3H3,(H,24,28)/t14-,20+/m1/s1. The first-order chi connectivity index (χ1) is 15.3. The van der Waals surface area contributed by atoms with Crippen LogP contribution in [0.2, 0.25) is 10.0 Å². The predicted molar refractivity (Wildman–Crippen MR) is 129 cm³/mol. The number of rotatable bonds is 5. The summed E-state index contributed by atoms with van der Waals surface area (Å²) in [4.78, 5) is 26.1. The maximum atomic E-state index is 13.0. The first-order valence-corrected chi connectivity index (χ1v) is 11.9. The fourth-order valence-corrected chi connectivity index (χ4v) is 4.17. The van der Waals surface area contributed by atoms with E-state index in [4.69, 9.17) is 37.1 Å². The summed E-state index contributed by atoms with van der Waals surface area (Å²) in [7, 11) is 0. The van der Waals surface area contributed by atoms with E-state index in [9.17, 15) is 9.59 Å². The maximum Gasteiger partial charge on any atom is 0.411 e. The van der Waals surface area contributed by atoms with Crippen molar-refractivity contribution in [3.05, 3.63) is 38.9 Å². The summed E-state index contributed by atoms with van der Waals surface area (Å²) in [5, 5.41) is 11.3. The third-order valence-electron chi connectivity index (χ3n) is 4.60. The van der Waals surface area contributed by atoms with Crippen molar-refractivity contribution in [1.29, 1.82) is 0 Å². The van der Waals surface area contributed by atoms with Gasteiger partial charge in [0.15, 0.2) is 6.61 Å². The summed E-state index contributed by atoms with van der Waals surface area (Å²) in [5.74, 6) is 0.241. The first-order valence-electron chi connectivity index (χ1n) is 9.95. The Bertz CT molecular complexity index is 1030. The van der Waals surface area contributed by atoms with E-state index in [1.54, 1.807) is 32.9 Å². The number of carbonyl (C=O) groups is 2. The molecule has 0 saturated carbocycles. The molecule has 0 radical (unpaired) electrons. The quantitative estimate of drug-likeness (QED) is 0.376. The largest absolute Gasteiger partial charge is 0.484 e. The fourth-order valence-electron chi connectivity index (χ4n) is 3.24. The predicted octanol–water partition coefficient (Wildman–Crippen LogP) is 5.03. The molecule has 2 aromatic rings. The van der Waals surface area contributed by atoms with Gasteiger partial charge in [0.25, 0.3) is 10.7 Å². The van der Waals surface area contributed by atoms with Crippen LogP contribution in [0.15, 0.2) is 27.4 Å². The van der Waals surface area contributed by atoms with Crippen LogP contribution in [-0.4, -0.2) is 50.7 Å². The molecule has 1 aliphatic heterocycles. The molecule has 0 bridgehead atoms. The van der Waals surface area contributed by atoms with Crippen LogP contribution in [-0.2, 0) is 9.53 Å². The zero-order valence-corrected chi connectivity index (χ0v) is 22.1. The average molecular weight is 582 g/mol. The van der Waals surface area contributed by atoms with Gasteiger partial charge in [-0.15, -0.1) is 22.8 Å². The lowest BCUT2D eigenvalue weighted by Crippen LogP contribution is -2.58. The Morgan fingerprint density at radius 3 is 2.67 bits per heavy atom. The van der Waals surface area contributed by atoms with Crippen molar-refractivity contribution in [3.8, 4) is 5.75 Å². The SMILES string of the molecule is CC(C)(C)OC(=O)N1C[C@](S)(NC(=O)COc2ccc(Cl)c(Cl)c2)CC[C@@H]1c1nnc(Br)o1. The molecular weight excluding hydrogens is 559 g/mol. The lowest BCUT2D eigenvalue weighted by Gasteiger charge is -2.43. The van der Waals surface area contributed by atoms with Gasteiger partial charge >= 0.3 is 6.09 Å². The van der Waals surface area contributed by atoms with Crippen molar-refractivity contribution in [2.45, 2.75) is 50.1 Å². The highest BCUT2D eigenvalue weighted by Gasteiger charge is 2.44. The van der Waals surface area contributed by atoms with Crippen LogP contribution in [0.3, 0.4) is 0 Å². The number of amides is 2. The number of thiol groups is 1. The Labute approximate surface area is 215 Å². The fraction of sp³-hybridized carbons (Fsp3) is 0.500. The van der Waals surface area contributed by atoms with Gasteiger partial charge in [-0.05, 0) is 45.7 Å². The van der Waals surface area contributed by atoms with Crippen LogP contribution in [0.4, 0.5) is 4.79 Å². The molecule has 2 heterocycles. The highest BCUT2D eigenvalue weighted by Crippen LogP contribution is 2.38. The Balaban J connectivity index is 1.69. The molecule has 3 rings (SSSR count). The van der Waals surface area contributed by atoms with Gasteiger partial charge < -0.3 is 19.2 Å². The number of aromatic nitrogens is 2. The van der Waals surface area contributed by atoms with Gasteiger partial charge in [0.05, 0.1) is 16.6 Å². The second-order valence-corrected chi connectivity index (χ2v) is 10.8. The summed E-state index contributed by atoms with van der Waals surface area (Å²) in [6.07, 6.45) is 0.255. The van der Waals surface area contributed by atoms with Crippen molar-refractivity contribution in [1.82, 2.24) is 20.4 Å². The van der Waals surface area contributed by atoms with E-state index < -0.39 is 28.5 Å². The van der Waals surface area contributed by atoms with Crippen molar-refractivity contribution >= 4 is 63.8 Å². The lowest BCUT2D eigenvalue weighted by molar-refractivity contribution is -0.124. The van der Waals surface area contributed by atoms with Gasteiger partial charge in [-0.2, -0.15) is 0 Å². The van der Waals surface area contributed by atoms with E-state index in [-0.39, 0.29) is 23.8 Å².